The maximum Gasteiger partial charge on any atom is 0.133 e. The Bertz CT molecular complexity index is 653. The van der Waals surface area contributed by atoms with Gasteiger partial charge >= 0.3 is 0 Å². The molecule has 0 saturated heterocycles. The summed E-state index contributed by atoms with van der Waals surface area (Å²) in [5.41, 5.74) is 2.26. The lowest BCUT2D eigenvalue weighted by Gasteiger charge is -2.16. The van der Waals surface area contributed by atoms with E-state index in [1.165, 1.54) is 12.8 Å². The van der Waals surface area contributed by atoms with Crippen molar-refractivity contribution in [3.8, 4) is 0 Å². The Kier molecular flexibility index (Phi) is 12.5. The lowest BCUT2D eigenvalue weighted by Crippen LogP contribution is -2.16. The lowest BCUT2D eigenvalue weighted by atomic mass is 9.95. The smallest absolute Gasteiger partial charge is 0.133 e. The van der Waals surface area contributed by atoms with E-state index in [-0.39, 0.29) is 5.41 Å². The Labute approximate surface area is 173 Å². The van der Waals surface area contributed by atoms with Crippen LogP contribution in [0.2, 0.25) is 0 Å². The van der Waals surface area contributed by atoms with E-state index in [1.54, 1.807) is 0 Å². The van der Waals surface area contributed by atoms with Gasteiger partial charge in [0.05, 0.1) is 0 Å². The Hall–Kier alpha value is -1.84. The molecule has 2 heterocycles. The van der Waals surface area contributed by atoms with Crippen LogP contribution >= 0.6 is 0 Å². The van der Waals surface area contributed by atoms with Crippen LogP contribution in [0.15, 0.2) is 24.5 Å². The number of rotatable bonds is 2. The molecular formula is C24H42N4. The van der Waals surface area contributed by atoms with Crippen molar-refractivity contribution in [3.05, 3.63) is 47.6 Å². The molecule has 2 aromatic heterocycles. The summed E-state index contributed by atoms with van der Waals surface area (Å²) >= 11 is 0. The maximum absolute atomic E-state index is 4.45. The van der Waals surface area contributed by atoms with Gasteiger partial charge in [-0.05, 0) is 44.2 Å². The predicted molar refractivity (Wildman–Crippen MR) is 121 cm³/mol. The molecule has 0 aromatic carbocycles. The number of aromatic nitrogens is 4. The molecule has 0 aliphatic heterocycles. The van der Waals surface area contributed by atoms with E-state index in [4.69, 9.17) is 0 Å². The van der Waals surface area contributed by atoms with Crippen LogP contribution in [0.1, 0.15) is 104 Å². The normalized spacial score (nSPS) is 12.7. The summed E-state index contributed by atoms with van der Waals surface area (Å²) in [6, 6.07) is 3.90. The monoisotopic (exact) mass is 386 g/mol. The Morgan fingerprint density at radius 2 is 1.50 bits per heavy atom. The fourth-order valence-electron chi connectivity index (χ4n) is 1.96. The van der Waals surface area contributed by atoms with Gasteiger partial charge in [0, 0.05) is 35.1 Å². The predicted octanol–water partition coefficient (Wildman–Crippen LogP) is 6.69. The Morgan fingerprint density at radius 3 is 1.93 bits per heavy atom. The average molecular weight is 387 g/mol. The van der Waals surface area contributed by atoms with Crippen LogP contribution in [0, 0.1) is 12.8 Å². The molecule has 1 fully saturated rings. The molecule has 0 N–H and O–H groups in total. The molecule has 0 bridgehead atoms. The number of hydrogen-bond acceptors (Lipinski definition) is 4. The first-order valence-corrected chi connectivity index (χ1v) is 10.7. The Balaban J connectivity index is 0.000000412. The largest absolute Gasteiger partial charge is 0.241 e. The molecule has 1 aliphatic rings. The van der Waals surface area contributed by atoms with Crippen LogP contribution in [-0.2, 0) is 11.8 Å². The number of aryl methyl sites for hydroxylation is 2. The van der Waals surface area contributed by atoms with E-state index in [2.05, 4.69) is 68.4 Å². The van der Waals surface area contributed by atoms with Crippen molar-refractivity contribution >= 4 is 0 Å². The molecule has 4 nitrogen and oxygen atoms in total. The molecule has 3 rings (SSSR count). The maximum atomic E-state index is 4.45. The lowest BCUT2D eigenvalue weighted by molar-refractivity contribution is 0.541. The summed E-state index contributed by atoms with van der Waals surface area (Å²) in [4.78, 5) is 17.2. The van der Waals surface area contributed by atoms with Gasteiger partial charge < -0.3 is 0 Å². The molecule has 2 aromatic rings. The van der Waals surface area contributed by atoms with Crippen LogP contribution < -0.4 is 0 Å². The quantitative estimate of drug-likeness (QED) is 0.577. The zero-order valence-corrected chi connectivity index (χ0v) is 19.9. The molecule has 1 saturated carbocycles. The first-order chi connectivity index (χ1) is 13.1. The molecule has 28 heavy (non-hydrogen) atoms. The van der Waals surface area contributed by atoms with Gasteiger partial charge in [-0.2, -0.15) is 0 Å². The molecule has 0 radical (unpaired) electrons. The highest BCUT2D eigenvalue weighted by Crippen LogP contribution is 2.37. The number of nitrogens with zero attached hydrogens (tertiary/aromatic N) is 4. The van der Waals surface area contributed by atoms with Crippen LogP contribution in [-0.4, -0.2) is 19.9 Å². The summed E-state index contributed by atoms with van der Waals surface area (Å²) in [6.07, 6.45) is 7.22. The fraction of sp³-hybridized carbons (Fsp3) is 0.667. The van der Waals surface area contributed by atoms with E-state index in [1.807, 2.05) is 45.3 Å². The summed E-state index contributed by atoms with van der Waals surface area (Å²) in [5, 5.41) is 0. The van der Waals surface area contributed by atoms with Crippen molar-refractivity contribution in [2.75, 3.05) is 0 Å². The van der Waals surface area contributed by atoms with Crippen molar-refractivity contribution in [3.63, 3.8) is 0 Å². The third-order valence-electron chi connectivity index (χ3n) is 3.50. The molecular weight excluding hydrogens is 344 g/mol. The fourth-order valence-corrected chi connectivity index (χ4v) is 1.96. The van der Waals surface area contributed by atoms with E-state index in [0.29, 0.717) is 5.92 Å². The van der Waals surface area contributed by atoms with Gasteiger partial charge in [-0.3, -0.25) is 0 Å². The van der Waals surface area contributed by atoms with Crippen molar-refractivity contribution in [2.45, 2.75) is 99.8 Å². The van der Waals surface area contributed by atoms with Crippen molar-refractivity contribution < 1.29 is 0 Å². The van der Waals surface area contributed by atoms with Gasteiger partial charge in [-0.15, -0.1) is 0 Å². The third kappa shape index (κ3) is 11.8. The molecule has 0 amide bonds. The van der Waals surface area contributed by atoms with Gasteiger partial charge in [0.25, 0.3) is 0 Å². The molecule has 158 valence electrons. The molecule has 1 aliphatic carbocycles. The summed E-state index contributed by atoms with van der Waals surface area (Å²) in [7, 11) is 0. The molecule has 4 heteroatoms. The SMILES string of the molecule is CC.CC(C)C.CCc1ccnc(C(C)(C)C)n1.Cc1ccnc(C2CC2)n1. The molecule has 0 atom stereocenters. The van der Waals surface area contributed by atoms with Crippen LogP contribution in [0.5, 0.6) is 0 Å². The van der Waals surface area contributed by atoms with Gasteiger partial charge in [-0.1, -0.05) is 62.3 Å². The molecule has 0 spiro atoms. The van der Waals surface area contributed by atoms with E-state index in [0.717, 1.165) is 35.4 Å². The van der Waals surface area contributed by atoms with Crippen molar-refractivity contribution in [1.29, 1.82) is 0 Å². The zero-order valence-electron chi connectivity index (χ0n) is 19.9. The topological polar surface area (TPSA) is 51.6 Å². The van der Waals surface area contributed by atoms with Gasteiger partial charge in [-0.25, -0.2) is 19.9 Å². The standard InChI is InChI=1S/C10H16N2.C8H10N2.C4H10.C2H6/c1-5-8-6-7-11-9(12-8)10(2,3)4;1-6-4-5-9-8(10-6)7-2-3-7;1-4(2)3;1-2/h6-7H,5H2,1-4H3;4-5,7H,2-3H2,1H3;4H,1-3H3;1-2H3. The van der Waals surface area contributed by atoms with Gasteiger partial charge in [0.1, 0.15) is 11.6 Å². The summed E-state index contributed by atoms with van der Waals surface area (Å²) < 4.78 is 0. The van der Waals surface area contributed by atoms with Crippen molar-refractivity contribution in [2.24, 2.45) is 5.92 Å². The Morgan fingerprint density at radius 1 is 0.964 bits per heavy atom. The average Bonchev–Trinajstić information content (AvgIpc) is 3.48. The van der Waals surface area contributed by atoms with Crippen molar-refractivity contribution in [1.82, 2.24) is 19.9 Å². The van der Waals surface area contributed by atoms with E-state index in [9.17, 15) is 0 Å². The summed E-state index contributed by atoms with van der Waals surface area (Å²) in [6.45, 7) is 21.0. The minimum absolute atomic E-state index is 0.0607. The third-order valence-corrected chi connectivity index (χ3v) is 3.50. The first-order valence-electron chi connectivity index (χ1n) is 10.7. The second-order valence-electron chi connectivity index (χ2n) is 8.54. The zero-order chi connectivity index (χ0) is 21.7. The highest BCUT2D eigenvalue weighted by molar-refractivity contribution is 5.09. The first kappa shape index (κ1) is 26.2. The van der Waals surface area contributed by atoms with Gasteiger partial charge in [0.15, 0.2) is 0 Å². The highest BCUT2D eigenvalue weighted by atomic mass is 14.9. The summed E-state index contributed by atoms with van der Waals surface area (Å²) in [5.74, 6) is 3.49. The van der Waals surface area contributed by atoms with E-state index < -0.39 is 0 Å². The second-order valence-corrected chi connectivity index (χ2v) is 8.54. The van der Waals surface area contributed by atoms with Gasteiger partial charge in [0.2, 0.25) is 0 Å². The number of hydrogen-bond donors (Lipinski definition) is 0. The second kappa shape index (κ2) is 13.4. The van der Waals surface area contributed by atoms with E-state index >= 15 is 0 Å². The van der Waals surface area contributed by atoms with Crippen LogP contribution in [0.25, 0.3) is 0 Å². The molecule has 0 unspecified atom stereocenters. The minimum atomic E-state index is 0.0607. The minimum Gasteiger partial charge on any atom is -0.241 e. The van der Waals surface area contributed by atoms with Crippen LogP contribution in [0.4, 0.5) is 0 Å². The highest BCUT2D eigenvalue weighted by Gasteiger charge is 2.26. The van der Waals surface area contributed by atoms with Crippen LogP contribution in [0.3, 0.4) is 0 Å².